The van der Waals surface area contributed by atoms with Gasteiger partial charge in [0.05, 0.1) is 10.6 Å². The van der Waals surface area contributed by atoms with Crippen LogP contribution < -0.4 is 11.1 Å². The van der Waals surface area contributed by atoms with Gasteiger partial charge in [0.1, 0.15) is 11.6 Å². The predicted octanol–water partition coefficient (Wildman–Crippen LogP) is 2.43. The van der Waals surface area contributed by atoms with Crippen molar-refractivity contribution in [1.29, 1.82) is 0 Å². The summed E-state index contributed by atoms with van der Waals surface area (Å²) in [5.41, 5.74) is 6.34. The van der Waals surface area contributed by atoms with Crippen molar-refractivity contribution in [2.24, 2.45) is 0 Å². The van der Waals surface area contributed by atoms with Crippen molar-refractivity contribution in [2.75, 3.05) is 12.3 Å². The summed E-state index contributed by atoms with van der Waals surface area (Å²) in [6.07, 6.45) is 1.76. The summed E-state index contributed by atoms with van der Waals surface area (Å²) in [7, 11) is 0. The fourth-order valence-electron chi connectivity index (χ4n) is 1.69. The molecule has 2 rings (SSSR count). The maximum atomic E-state index is 13.4. The SMILES string of the molecule is Nc1ncc(C(=O)NCCc2ccccc2F)cc1Cl. The van der Waals surface area contributed by atoms with Crippen LogP contribution in [0.15, 0.2) is 36.5 Å². The number of nitrogens with one attached hydrogen (secondary N) is 1. The van der Waals surface area contributed by atoms with Crippen LogP contribution in [0, 0.1) is 5.82 Å². The number of nitrogen functional groups attached to an aromatic ring is 1. The topological polar surface area (TPSA) is 68.0 Å². The molecule has 1 amide bonds. The highest BCUT2D eigenvalue weighted by Crippen LogP contribution is 2.16. The number of carbonyl (C=O) groups excluding carboxylic acids is 1. The number of halogens is 2. The van der Waals surface area contributed by atoms with Crippen LogP contribution in [0.1, 0.15) is 15.9 Å². The van der Waals surface area contributed by atoms with Crippen molar-refractivity contribution < 1.29 is 9.18 Å². The average molecular weight is 294 g/mol. The molecule has 0 saturated carbocycles. The van der Waals surface area contributed by atoms with Gasteiger partial charge in [0.25, 0.3) is 5.91 Å². The minimum Gasteiger partial charge on any atom is -0.382 e. The molecule has 20 heavy (non-hydrogen) atoms. The number of hydrogen-bond acceptors (Lipinski definition) is 3. The van der Waals surface area contributed by atoms with Crippen LogP contribution in [-0.2, 0) is 6.42 Å². The lowest BCUT2D eigenvalue weighted by molar-refractivity contribution is 0.0953. The zero-order chi connectivity index (χ0) is 14.5. The number of rotatable bonds is 4. The lowest BCUT2D eigenvalue weighted by Gasteiger charge is -2.06. The molecule has 4 nitrogen and oxygen atoms in total. The zero-order valence-corrected chi connectivity index (χ0v) is 11.3. The molecule has 2 aromatic rings. The van der Waals surface area contributed by atoms with Gasteiger partial charge in [0.15, 0.2) is 0 Å². The van der Waals surface area contributed by atoms with Crippen molar-refractivity contribution in [3.05, 3.63) is 58.5 Å². The lowest BCUT2D eigenvalue weighted by atomic mass is 10.1. The molecular formula is C14H13ClFN3O. The molecule has 0 atom stereocenters. The van der Waals surface area contributed by atoms with Crippen molar-refractivity contribution in [3.8, 4) is 0 Å². The Bertz CT molecular complexity index is 634. The third-order valence-corrected chi connectivity index (χ3v) is 3.07. The van der Waals surface area contributed by atoms with E-state index in [1.807, 2.05) is 0 Å². The second kappa shape index (κ2) is 6.34. The number of amides is 1. The first-order valence-electron chi connectivity index (χ1n) is 6.00. The summed E-state index contributed by atoms with van der Waals surface area (Å²) in [5.74, 6) is -0.427. The van der Waals surface area contributed by atoms with Crippen LogP contribution in [0.2, 0.25) is 5.02 Å². The molecular weight excluding hydrogens is 281 g/mol. The number of hydrogen-bond donors (Lipinski definition) is 2. The Hall–Kier alpha value is -2.14. The highest BCUT2D eigenvalue weighted by Gasteiger charge is 2.08. The van der Waals surface area contributed by atoms with Crippen LogP contribution >= 0.6 is 11.6 Å². The Labute approximate surface area is 120 Å². The number of anilines is 1. The molecule has 6 heteroatoms. The van der Waals surface area contributed by atoms with Crippen molar-refractivity contribution >= 4 is 23.3 Å². The molecule has 0 unspecified atom stereocenters. The van der Waals surface area contributed by atoms with Gasteiger partial charge < -0.3 is 11.1 Å². The van der Waals surface area contributed by atoms with Crippen LogP contribution in [0.4, 0.5) is 10.2 Å². The van der Waals surface area contributed by atoms with Gasteiger partial charge in [0, 0.05) is 12.7 Å². The maximum absolute atomic E-state index is 13.4. The summed E-state index contributed by atoms with van der Waals surface area (Å²) in [4.78, 5) is 15.6. The molecule has 104 valence electrons. The molecule has 1 aromatic carbocycles. The Morgan fingerprint density at radius 2 is 2.15 bits per heavy atom. The van der Waals surface area contributed by atoms with E-state index in [0.29, 0.717) is 24.1 Å². The van der Waals surface area contributed by atoms with Gasteiger partial charge in [0.2, 0.25) is 0 Å². The average Bonchev–Trinajstić information content (AvgIpc) is 2.44. The van der Waals surface area contributed by atoms with E-state index in [9.17, 15) is 9.18 Å². The van der Waals surface area contributed by atoms with E-state index in [4.69, 9.17) is 17.3 Å². The van der Waals surface area contributed by atoms with Gasteiger partial charge in [-0.1, -0.05) is 29.8 Å². The molecule has 0 fully saturated rings. The smallest absolute Gasteiger partial charge is 0.252 e. The van der Waals surface area contributed by atoms with E-state index in [2.05, 4.69) is 10.3 Å². The fourth-order valence-corrected chi connectivity index (χ4v) is 1.85. The largest absolute Gasteiger partial charge is 0.382 e. The first-order chi connectivity index (χ1) is 9.58. The van der Waals surface area contributed by atoms with Gasteiger partial charge in [-0.25, -0.2) is 9.37 Å². The quantitative estimate of drug-likeness (QED) is 0.910. The van der Waals surface area contributed by atoms with Gasteiger partial charge in [-0.3, -0.25) is 4.79 Å². The molecule has 0 spiro atoms. The number of pyridine rings is 1. The van der Waals surface area contributed by atoms with E-state index in [-0.39, 0.29) is 22.6 Å². The Balaban J connectivity index is 1.92. The summed E-state index contributed by atoms with van der Waals surface area (Å²) >= 11 is 5.79. The number of aromatic nitrogens is 1. The van der Waals surface area contributed by atoms with E-state index < -0.39 is 0 Å². The summed E-state index contributed by atoms with van der Waals surface area (Å²) in [6.45, 7) is 0.321. The standard InChI is InChI=1S/C14H13ClFN3O/c15-11-7-10(8-19-13(11)17)14(20)18-6-5-9-3-1-2-4-12(9)16/h1-4,7-8H,5-6H2,(H2,17,19)(H,18,20). The first-order valence-corrected chi connectivity index (χ1v) is 6.38. The van der Waals surface area contributed by atoms with Crippen LogP contribution in [-0.4, -0.2) is 17.4 Å². The molecule has 0 saturated heterocycles. The van der Waals surface area contributed by atoms with E-state index >= 15 is 0 Å². The highest BCUT2D eigenvalue weighted by molar-refractivity contribution is 6.33. The van der Waals surface area contributed by atoms with Crippen LogP contribution in [0.3, 0.4) is 0 Å². The molecule has 3 N–H and O–H groups in total. The second-order valence-electron chi connectivity index (χ2n) is 4.19. The Morgan fingerprint density at radius 3 is 2.85 bits per heavy atom. The molecule has 0 aliphatic carbocycles. The number of carbonyl (C=O) groups is 1. The molecule has 1 aromatic heterocycles. The lowest BCUT2D eigenvalue weighted by Crippen LogP contribution is -2.26. The van der Waals surface area contributed by atoms with Crippen molar-refractivity contribution in [1.82, 2.24) is 10.3 Å². The highest BCUT2D eigenvalue weighted by atomic mass is 35.5. The van der Waals surface area contributed by atoms with Gasteiger partial charge >= 0.3 is 0 Å². The first kappa shape index (κ1) is 14.3. The summed E-state index contributed by atoms with van der Waals surface area (Å²) < 4.78 is 13.4. The van der Waals surface area contributed by atoms with E-state index in [1.54, 1.807) is 18.2 Å². The van der Waals surface area contributed by atoms with Crippen LogP contribution in [0.5, 0.6) is 0 Å². The predicted molar refractivity (Wildman–Crippen MR) is 76.1 cm³/mol. The fraction of sp³-hybridized carbons (Fsp3) is 0.143. The Morgan fingerprint density at radius 1 is 1.40 bits per heavy atom. The number of nitrogens with two attached hydrogens (primary N) is 1. The Kier molecular flexibility index (Phi) is 4.53. The minimum absolute atomic E-state index is 0.176. The molecule has 1 heterocycles. The second-order valence-corrected chi connectivity index (χ2v) is 4.60. The molecule has 0 aliphatic rings. The number of benzene rings is 1. The normalized spacial score (nSPS) is 10.3. The zero-order valence-electron chi connectivity index (χ0n) is 10.6. The third kappa shape index (κ3) is 3.45. The van der Waals surface area contributed by atoms with Crippen molar-refractivity contribution in [2.45, 2.75) is 6.42 Å². The van der Waals surface area contributed by atoms with Gasteiger partial charge in [-0.15, -0.1) is 0 Å². The number of nitrogens with zero attached hydrogens (tertiary/aromatic N) is 1. The minimum atomic E-state index is -0.323. The van der Waals surface area contributed by atoms with E-state index in [1.165, 1.54) is 18.3 Å². The van der Waals surface area contributed by atoms with Gasteiger partial charge in [-0.05, 0) is 24.1 Å². The third-order valence-electron chi connectivity index (χ3n) is 2.77. The molecule has 0 radical (unpaired) electrons. The monoisotopic (exact) mass is 293 g/mol. The molecule has 0 bridgehead atoms. The maximum Gasteiger partial charge on any atom is 0.252 e. The van der Waals surface area contributed by atoms with Crippen LogP contribution in [0.25, 0.3) is 0 Å². The summed E-state index contributed by atoms with van der Waals surface area (Å²) in [5, 5.41) is 2.90. The van der Waals surface area contributed by atoms with Crippen molar-refractivity contribution in [3.63, 3.8) is 0 Å². The molecule has 0 aliphatic heterocycles. The van der Waals surface area contributed by atoms with E-state index in [0.717, 1.165) is 0 Å². The summed E-state index contributed by atoms with van der Waals surface area (Å²) in [6, 6.07) is 7.90. The van der Waals surface area contributed by atoms with Gasteiger partial charge in [-0.2, -0.15) is 0 Å².